The average molecular weight is 446 g/mol. The Balaban J connectivity index is 1.83. The van der Waals surface area contributed by atoms with Crippen molar-refractivity contribution in [3.05, 3.63) is 83.5 Å². The fraction of sp³-hybridized carbons (Fsp3) is 0.192. The summed E-state index contributed by atoms with van der Waals surface area (Å²) in [4.78, 5) is 5.90. The SMILES string of the molecule is CN(c1cc(F)cc(-c2ccc(C(C)(C)C)cc2)c1)c1nc(=N)n(C=N)c2ccc(F)cc12. The van der Waals surface area contributed by atoms with Gasteiger partial charge in [0.1, 0.15) is 17.5 Å². The minimum Gasteiger partial charge on any atom is -0.329 e. The van der Waals surface area contributed by atoms with Crippen molar-refractivity contribution in [3.8, 4) is 11.1 Å². The second-order valence-electron chi connectivity index (χ2n) is 9.00. The molecule has 0 bridgehead atoms. The molecule has 0 spiro atoms. The zero-order chi connectivity index (χ0) is 23.9. The van der Waals surface area contributed by atoms with Gasteiger partial charge in [0.15, 0.2) is 0 Å². The van der Waals surface area contributed by atoms with Crippen molar-refractivity contribution in [3.63, 3.8) is 0 Å². The number of fused-ring (bicyclic) bond motifs is 1. The number of hydrogen-bond acceptors (Lipinski definition) is 4. The smallest absolute Gasteiger partial charge is 0.229 e. The lowest BCUT2D eigenvalue weighted by Crippen LogP contribution is -2.26. The van der Waals surface area contributed by atoms with Gasteiger partial charge in [-0.15, -0.1) is 0 Å². The molecule has 0 aliphatic heterocycles. The Morgan fingerprint density at radius 3 is 2.24 bits per heavy atom. The molecule has 4 aromatic rings. The third-order valence-electron chi connectivity index (χ3n) is 5.70. The van der Waals surface area contributed by atoms with Crippen molar-refractivity contribution in [2.45, 2.75) is 26.2 Å². The Kier molecular flexibility index (Phi) is 5.57. The molecule has 0 saturated heterocycles. The van der Waals surface area contributed by atoms with Crippen molar-refractivity contribution >= 4 is 28.7 Å². The van der Waals surface area contributed by atoms with Gasteiger partial charge in [-0.25, -0.2) is 8.78 Å². The zero-order valence-corrected chi connectivity index (χ0v) is 18.9. The van der Waals surface area contributed by atoms with Crippen molar-refractivity contribution in [2.24, 2.45) is 0 Å². The molecule has 0 radical (unpaired) electrons. The maximum Gasteiger partial charge on any atom is 0.229 e. The van der Waals surface area contributed by atoms with E-state index in [1.807, 2.05) is 30.3 Å². The molecule has 168 valence electrons. The number of nitrogens with zero attached hydrogens (tertiary/aromatic N) is 3. The Hall–Kier alpha value is -3.87. The normalized spacial score (nSPS) is 11.6. The molecule has 33 heavy (non-hydrogen) atoms. The summed E-state index contributed by atoms with van der Waals surface area (Å²) in [6.45, 7) is 6.42. The third kappa shape index (κ3) is 4.26. The van der Waals surface area contributed by atoms with Gasteiger partial charge < -0.3 is 4.90 Å². The van der Waals surface area contributed by atoms with Crippen LogP contribution in [0.2, 0.25) is 0 Å². The van der Waals surface area contributed by atoms with Gasteiger partial charge in [-0.1, -0.05) is 45.0 Å². The summed E-state index contributed by atoms with van der Waals surface area (Å²) < 4.78 is 30.0. The van der Waals surface area contributed by atoms with E-state index in [0.717, 1.165) is 11.9 Å². The second kappa shape index (κ2) is 8.24. The minimum atomic E-state index is -0.466. The van der Waals surface area contributed by atoms with Gasteiger partial charge in [-0.2, -0.15) is 4.98 Å². The number of rotatable bonds is 4. The molecule has 3 aromatic carbocycles. The predicted octanol–water partition coefficient (Wildman–Crippen LogP) is 5.98. The van der Waals surface area contributed by atoms with Gasteiger partial charge in [0.05, 0.1) is 11.9 Å². The first-order valence-electron chi connectivity index (χ1n) is 10.5. The highest BCUT2D eigenvalue weighted by Crippen LogP contribution is 2.33. The molecular formula is C26H25F2N5. The molecule has 1 aromatic heterocycles. The number of hydrogen-bond donors (Lipinski definition) is 2. The van der Waals surface area contributed by atoms with Crippen LogP contribution in [0, 0.1) is 22.5 Å². The zero-order valence-electron chi connectivity index (χ0n) is 18.9. The summed E-state index contributed by atoms with van der Waals surface area (Å²) in [7, 11) is 1.70. The van der Waals surface area contributed by atoms with E-state index in [-0.39, 0.29) is 11.0 Å². The van der Waals surface area contributed by atoms with Gasteiger partial charge in [0, 0.05) is 18.1 Å². The van der Waals surface area contributed by atoms with Crippen molar-refractivity contribution in [1.82, 2.24) is 9.55 Å². The molecule has 2 N–H and O–H groups in total. The predicted molar refractivity (Wildman–Crippen MR) is 128 cm³/mol. The van der Waals surface area contributed by atoms with Crippen LogP contribution in [0.25, 0.3) is 22.0 Å². The van der Waals surface area contributed by atoms with Gasteiger partial charge >= 0.3 is 0 Å². The first kappa shape index (κ1) is 22.3. The quantitative estimate of drug-likeness (QED) is 0.300. The molecule has 7 heteroatoms. The van der Waals surface area contributed by atoms with Gasteiger partial charge in [-0.3, -0.25) is 15.4 Å². The van der Waals surface area contributed by atoms with Gasteiger partial charge in [0.2, 0.25) is 5.62 Å². The number of benzene rings is 3. The first-order valence-corrected chi connectivity index (χ1v) is 10.5. The molecule has 0 aliphatic rings. The lowest BCUT2D eigenvalue weighted by molar-refractivity contribution is 0.590. The van der Waals surface area contributed by atoms with Crippen LogP contribution in [0.15, 0.2) is 60.7 Å². The van der Waals surface area contributed by atoms with E-state index < -0.39 is 11.6 Å². The second-order valence-corrected chi connectivity index (χ2v) is 9.00. The number of nitrogens with one attached hydrogen (secondary N) is 2. The molecule has 0 atom stereocenters. The maximum absolute atomic E-state index is 14.7. The van der Waals surface area contributed by atoms with E-state index in [0.29, 0.717) is 28.0 Å². The van der Waals surface area contributed by atoms with E-state index in [1.165, 1.54) is 40.5 Å². The number of halogens is 2. The van der Waals surface area contributed by atoms with Crippen LogP contribution in [0.4, 0.5) is 20.3 Å². The Morgan fingerprint density at radius 1 is 0.909 bits per heavy atom. The van der Waals surface area contributed by atoms with Crippen LogP contribution in [-0.4, -0.2) is 22.9 Å². The van der Waals surface area contributed by atoms with Crippen LogP contribution in [0.3, 0.4) is 0 Å². The van der Waals surface area contributed by atoms with Crippen LogP contribution >= 0.6 is 0 Å². The van der Waals surface area contributed by atoms with Crippen LogP contribution in [-0.2, 0) is 5.41 Å². The molecule has 4 rings (SSSR count). The van der Waals surface area contributed by atoms with Crippen LogP contribution in [0.5, 0.6) is 0 Å². The van der Waals surface area contributed by atoms with E-state index >= 15 is 0 Å². The molecular weight excluding hydrogens is 420 g/mol. The fourth-order valence-electron chi connectivity index (χ4n) is 3.83. The van der Waals surface area contributed by atoms with E-state index in [9.17, 15) is 8.78 Å². The summed E-state index contributed by atoms with van der Waals surface area (Å²) >= 11 is 0. The number of aromatic nitrogens is 2. The number of anilines is 2. The average Bonchev–Trinajstić information content (AvgIpc) is 2.77. The fourth-order valence-corrected chi connectivity index (χ4v) is 3.83. The largest absolute Gasteiger partial charge is 0.329 e. The maximum atomic E-state index is 14.7. The topological polar surface area (TPSA) is 68.8 Å². The lowest BCUT2D eigenvalue weighted by atomic mass is 9.86. The highest BCUT2D eigenvalue weighted by molar-refractivity contribution is 5.94. The third-order valence-corrected chi connectivity index (χ3v) is 5.70. The molecule has 0 saturated carbocycles. The Bertz CT molecular complexity index is 1420. The molecule has 0 unspecified atom stereocenters. The highest BCUT2D eigenvalue weighted by Gasteiger charge is 2.17. The van der Waals surface area contributed by atoms with Gasteiger partial charge in [0.25, 0.3) is 0 Å². The monoisotopic (exact) mass is 445 g/mol. The Labute approximate surface area is 191 Å². The van der Waals surface area contributed by atoms with Crippen molar-refractivity contribution in [2.75, 3.05) is 11.9 Å². The summed E-state index contributed by atoms with van der Waals surface area (Å²) in [6.07, 6.45) is 0.959. The summed E-state index contributed by atoms with van der Waals surface area (Å²) in [6, 6.07) is 16.8. The summed E-state index contributed by atoms with van der Waals surface area (Å²) in [5.41, 5.74) is 3.56. The molecule has 5 nitrogen and oxygen atoms in total. The Morgan fingerprint density at radius 2 is 1.61 bits per heavy atom. The summed E-state index contributed by atoms with van der Waals surface area (Å²) in [5, 5.41) is 16.2. The van der Waals surface area contributed by atoms with E-state index in [2.05, 4.69) is 25.8 Å². The van der Waals surface area contributed by atoms with Crippen molar-refractivity contribution in [1.29, 1.82) is 10.8 Å². The molecule has 0 fully saturated rings. The van der Waals surface area contributed by atoms with Crippen LogP contribution < -0.4 is 10.5 Å². The first-order chi connectivity index (χ1) is 15.6. The summed E-state index contributed by atoms with van der Waals surface area (Å²) in [5.74, 6) is -0.583. The standard InChI is InChI=1S/C26H25F2N5/c1-26(2,3)18-7-5-16(6-8-18)17-11-20(28)13-21(12-17)32(4)24-22-14-19(27)9-10-23(22)33(15-29)25(30)31-24/h5-15,29-30H,1-4H3. The molecule has 0 amide bonds. The lowest BCUT2D eigenvalue weighted by Gasteiger charge is -2.22. The van der Waals surface area contributed by atoms with E-state index in [4.69, 9.17) is 10.8 Å². The van der Waals surface area contributed by atoms with Crippen LogP contribution in [0.1, 0.15) is 26.3 Å². The van der Waals surface area contributed by atoms with Gasteiger partial charge in [-0.05, 0) is 58.5 Å². The highest BCUT2D eigenvalue weighted by atomic mass is 19.1. The molecule has 0 aliphatic carbocycles. The minimum absolute atomic E-state index is 0.0163. The van der Waals surface area contributed by atoms with E-state index in [1.54, 1.807) is 11.9 Å². The molecule has 1 heterocycles. The van der Waals surface area contributed by atoms with Crippen molar-refractivity contribution < 1.29 is 8.78 Å².